The Hall–Kier alpha value is -1.64. The third-order valence-corrected chi connectivity index (χ3v) is 3.35. The van der Waals surface area contributed by atoms with Crippen molar-refractivity contribution in [3.8, 4) is 0 Å². The molecule has 2 aromatic rings. The number of nitrogens with one attached hydrogen (secondary N) is 1. The summed E-state index contributed by atoms with van der Waals surface area (Å²) in [5.41, 5.74) is 8.47. The Morgan fingerprint density at radius 3 is 2.00 bits per heavy atom. The van der Waals surface area contributed by atoms with Crippen LogP contribution in [0.15, 0.2) is 48.5 Å². The van der Waals surface area contributed by atoms with E-state index in [0.29, 0.717) is 0 Å². The first-order valence-electron chi connectivity index (χ1n) is 5.84. The molecule has 86 valence electrons. The average Bonchev–Trinajstić information content (AvgIpc) is 2.39. The summed E-state index contributed by atoms with van der Waals surface area (Å²) in [5, 5.41) is 0. The number of hydroxylamine groups is 1. The molecule has 1 N–H and O–H groups in total. The Bertz CT molecular complexity index is 490. The highest BCUT2D eigenvalue weighted by molar-refractivity contribution is 5.48. The van der Waals surface area contributed by atoms with E-state index in [9.17, 15) is 0 Å². The van der Waals surface area contributed by atoms with Crippen molar-refractivity contribution in [1.82, 2.24) is 5.48 Å². The maximum Gasteiger partial charge on any atom is 0.0827 e. The van der Waals surface area contributed by atoms with Gasteiger partial charge in [-0.2, -0.15) is 5.48 Å². The zero-order valence-corrected chi connectivity index (χ0v) is 9.81. The van der Waals surface area contributed by atoms with Crippen LogP contribution in [0.2, 0.25) is 0 Å². The molecule has 0 radical (unpaired) electrons. The van der Waals surface area contributed by atoms with Gasteiger partial charge in [0.05, 0.1) is 13.2 Å². The van der Waals surface area contributed by atoms with Gasteiger partial charge < -0.3 is 4.84 Å². The SMILES string of the molecule is CONC1c2ccccc2Cc2ccccc21. The van der Waals surface area contributed by atoms with Crippen LogP contribution in [-0.2, 0) is 11.3 Å². The summed E-state index contributed by atoms with van der Waals surface area (Å²) in [6, 6.07) is 17.2. The van der Waals surface area contributed by atoms with E-state index in [4.69, 9.17) is 4.84 Å². The van der Waals surface area contributed by atoms with Crippen LogP contribution in [0.3, 0.4) is 0 Å². The van der Waals surface area contributed by atoms with Crippen molar-refractivity contribution in [2.24, 2.45) is 0 Å². The van der Waals surface area contributed by atoms with Crippen molar-refractivity contribution < 1.29 is 4.84 Å². The zero-order chi connectivity index (χ0) is 11.7. The Morgan fingerprint density at radius 1 is 0.941 bits per heavy atom. The van der Waals surface area contributed by atoms with Crippen molar-refractivity contribution >= 4 is 0 Å². The molecule has 2 heteroatoms. The molecule has 0 atom stereocenters. The van der Waals surface area contributed by atoms with Gasteiger partial charge in [0, 0.05) is 0 Å². The molecular formula is C15H15NO. The molecule has 0 aromatic heterocycles. The van der Waals surface area contributed by atoms with Gasteiger partial charge in [0.25, 0.3) is 0 Å². The lowest BCUT2D eigenvalue weighted by atomic mass is 9.83. The topological polar surface area (TPSA) is 21.3 Å². The number of hydrogen-bond acceptors (Lipinski definition) is 2. The number of hydrogen-bond donors (Lipinski definition) is 1. The van der Waals surface area contributed by atoms with Gasteiger partial charge in [0.1, 0.15) is 0 Å². The van der Waals surface area contributed by atoms with E-state index in [1.54, 1.807) is 7.11 Å². The van der Waals surface area contributed by atoms with E-state index in [1.165, 1.54) is 22.3 Å². The molecule has 0 heterocycles. The molecular weight excluding hydrogens is 210 g/mol. The van der Waals surface area contributed by atoms with Crippen molar-refractivity contribution in [1.29, 1.82) is 0 Å². The molecule has 1 aliphatic rings. The third kappa shape index (κ3) is 1.75. The maximum absolute atomic E-state index is 5.15. The van der Waals surface area contributed by atoms with Gasteiger partial charge >= 0.3 is 0 Å². The Labute approximate surface area is 101 Å². The lowest BCUT2D eigenvalue weighted by molar-refractivity contribution is 0.0706. The summed E-state index contributed by atoms with van der Waals surface area (Å²) in [5.74, 6) is 0. The van der Waals surface area contributed by atoms with Gasteiger partial charge in [-0.3, -0.25) is 0 Å². The summed E-state index contributed by atoms with van der Waals surface area (Å²) in [6.45, 7) is 0. The summed E-state index contributed by atoms with van der Waals surface area (Å²) in [4.78, 5) is 5.15. The second-order valence-electron chi connectivity index (χ2n) is 4.33. The van der Waals surface area contributed by atoms with Crippen LogP contribution in [0.1, 0.15) is 28.3 Å². The molecule has 0 bridgehead atoms. The molecule has 0 aliphatic heterocycles. The van der Waals surface area contributed by atoms with Crippen molar-refractivity contribution in [3.05, 3.63) is 70.8 Å². The number of benzene rings is 2. The lowest BCUT2D eigenvalue weighted by Gasteiger charge is -2.28. The van der Waals surface area contributed by atoms with Crippen LogP contribution in [0, 0.1) is 0 Å². The van der Waals surface area contributed by atoms with Gasteiger partial charge in [-0.15, -0.1) is 0 Å². The second-order valence-corrected chi connectivity index (χ2v) is 4.33. The zero-order valence-electron chi connectivity index (χ0n) is 9.81. The first kappa shape index (κ1) is 10.5. The molecule has 3 rings (SSSR count). The van der Waals surface area contributed by atoms with E-state index in [0.717, 1.165) is 6.42 Å². The van der Waals surface area contributed by atoms with E-state index in [-0.39, 0.29) is 6.04 Å². The molecule has 2 aromatic carbocycles. The van der Waals surface area contributed by atoms with Gasteiger partial charge in [-0.05, 0) is 28.7 Å². The predicted octanol–water partition coefficient (Wildman–Crippen LogP) is 2.83. The van der Waals surface area contributed by atoms with Crippen LogP contribution in [-0.4, -0.2) is 7.11 Å². The molecule has 2 nitrogen and oxygen atoms in total. The number of fused-ring (bicyclic) bond motifs is 2. The average molecular weight is 225 g/mol. The van der Waals surface area contributed by atoms with Crippen LogP contribution >= 0.6 is 0 Å². The van der Waals surface area contributed by atoms with Gasteiger partial charge in [0.15, 0.2) is 0 Å². The van der Waals surface area contributed by atoms with Gasteiger partial charge in [0.2, 0.25) is 0 Å². The minimum Gasteiger partial charge on any atom is -0.304 e. The first-order valence-corrected chi connectivity index (χ1v) is 5.84. The summed E-state index contributed by atoms with van der Waals surface area (Å²) in [7, 11) is 1.67. The molecule has 1 aliphatic carbocycles. The molecule has 0 spiro atoms. The van der Waals surface area contributed by atoms with E-state index in [2.05, 4.69) is 54.0 Å². The summed E-state index contributed by atoms with van der Waals surface area (Å²) in [6.07, 6.45) is 1.01. The third-order valence-electron chi connectivity index (χ3n) is 3.35. The first-order chi connectivity index (χ1) is 8.40. The van der Waals surface area contributed by atoms with E-state index < -0.39 is 0 Å². The monoisotopic (exact) mass is 225 g/mol. The maximum atomic E-state index is 5.15. The molecule has 0 unspecified atom stereocenters. The normalized spacial score (nSPS) is 14.2. The van der Waals surface area contributed by atoms with Crippen LogP contribution in [0.4, 0.5) is 0 Å². The minimum atomic E-state index is 0.140. The standard InChI is InChI=1S/C15H15NO/c1-17-16-15-13-8-4-2-6-11(13)10-12-7-3-5-9-14(12)15/h2-9,15-16H,10H2,1H3. The fourth-order valence-corrected chi connectivity index (χ4v) is 2.57. The molecule has 0 saturated heterocycles. The van der Waals surface area contributed by atoms with Gasteiger partial charge in [-0.1, -0.05) is 48.5 Å². The Kier molecular flexibility index (Phi) is 2.67. The minimum absolute atomic E-state index is 0.140. The van der Waals surface area contributed by atoms with Crippen molar-refractivity contribution in [2.45, 2.75) is 12.5 Å². The Morgan fingerprint density at radius 2 is 1.47 bits per heavy atom. The van der Waals surface area contributed by atoms with Gasteiger partial charge in [-0.25, -0.2) is 0 Å². The lowest BCUT2D eigenvalue weighted by Crippen LogP contribution is -2.26. The van der Waals surface area contributed by atoms with Crippen LogP contribution < -0.4 is 5.48 Å². The fourth-order valence-electron chi connectivity index (χ4n) is 2.57. The highest BCUT2D eigenvalue weighted by Crippen LogP contribution is 2.34. The highest BCUT2D eigenvalue weighted by atomic mass is 16.6. The molecule has 0 saturated carbocycles. The summed E-state index contributed by atoms with van der Waals surface area (Å²) >= 11 is 0. The smallest absolute Gasteiger partial charge is 0.0827 e. The van der Waals surface area contributed by atoms with Crippen LogP contribution in [0.5, 0.6) is 0 Å². The van der Waals surface area contributed by atoms with E-state index >= 15 is 0 Å². The summed E-state index contributed by atoms with van der Waals surface area (Å²) < 4.78 is 0. The second kappa shape index (κ2) is 4.32. The fraction of sp³-hybridized carbons (Fsp3) is 0.200. The molecule has 0 fully saturated rings. The van der Waals surface area contributed by atoms with E-state index in [1.807, 2.05) is 0 Å². The predicted molar refractivity (Wildman–Crippen MR) is 67.7 cm³/mol. The molecule has 17 heavy (non-hydrogen) atoms. The van der Waals surface area contributed by atoms with Crippen molar-refractivity contribution in [3.63, 3.8) is 0 Å². The van der Waals surface area contributed by atoms with Crippen molar-refractivity contribution in [2.75, 3.05) is 7.11 Å². The number of rotatable bonds is 2. The largest absolute Gasteiger partial charge is 0.304 e. The van der Waals surface area contributed by atoms with Crippen LogP contribution in [0.25, 0.3) is 0 Å². The molecule has 0 amide bonds. The Balaban J connectivity index is 2.13. The quantitative estimate of drug-likeness (QED) is 0.793. The highest BCUT2D eigenvalue weighted by Gasteiger charge is 2.24.